The third-order valence-electron chi connectivity index (χ3n) is 3.78. The van der Waals surface area contributed by atoms with E-state index in [-0.39, 0.29) is 18.8 Å². The van der Waals surface area contributed by atoms with Crippen LogP contribution >= 0.6 is 15.9 Å². The first-order valence-corrected chi connectivity index (χ1v) is 11.1. The highest BCUT2D eigenvalue weighted by Gasteiger charge is 2.16. The standard InChI is InChI=1S/C19H23BrN2O5S/c1-3-27-18-16(20)11-15(12-17(18)26-2)19(23)21-9-10-28(24,25)22-13-14-7-5-4-6-8-14/h4-8,11-12,22H,3,9-10,13H2,1-2H3,(H,21,23). The summed E-state index contributed by atoms with van der Waals surface area (Å²) in [5.74, 6) is 0.300. The molecule has 152 valence electrons. The van der Waals surface area contributed by atoms with Crippen LogP contribution in [0.4, 0.5) is 0 Å². The van der Waals surface area contributed by atoms with Crippen molar-refractivity contribution >= 4 is 31.9 Å². The molecule has 0 atom stereocenters. The van der Waals surface area contributed by atoms with E-state index >= 15 is 0 Å². The molecule has 0 aliphatic carbocycles. The van der Waals surface area contributed by atoms with Crippen molar-refractivity contribution < 1.29 is 22.7 Å². The van der Waals surface area contributed by atoms with E-state index < -0.39 is 15.9 Å². The number of halogens is 1. The quantitative estimate of drug-likeness (QED) is 0.556. The number of amides is 1. The van der Waals surface area contributed by atoms with E-state index in [4.69, 9.17) is 9.47 Å². The lowest BCUT2D eigenvalue weighted by molar-refractivity contribution is 0.0955. The molecule has 0 unspecified atom stereocenters. The molecule has 2 N–H and O–H groups in total. The van der Waals surface area contributed by atoms with Gasteiger partial charge in [-0.2, -0.15) is 0 Å². The van der Waals surface area contributed by atoms with Gasteiger partial charge in [0.1, 0.15) is 0 Å². The number of nitrogens with one attached hydrogen (secondary N) is 2. The number of rotatable bonds is 10. The fourth-order valence-corrected chi connectivity index (χ4v) is 3.86. The molecule has 0 radical (unpaired) electrons. The van der Waals surface area contributed by atoms with Crippen LogP contribution < -0.4 is 19.5 Å². The molecule has 9 heteroatoms. The van der Waals surface area contributed by atoms with Gasteiger partial charge in [0.05, 0.1) is 23.9 Å². The number of hydrogen-bond acceptors (Lipinski definition) is 5. The second-order valence-electron chi connectivity index (χ2n) is 5.80. The van der Waals surface area contributed by atoms with Crippen molar-refractivity contribution in [3.05, 3.63) is 58.1 Å². The zero-order chi connectivity index (χ0) is 20.6. The molecule has 0 spiro atoms. The first-order chi connectivity index (χ1) is 13.4. The Morgan fingerprint density at radius 3 is 2.54 bits per heavy atom. The van der Waals surface area contributed by atoms with Gasteiger partial charge in [-0.05, 0) is 40.5 Å². The van der Waals surface area contributed by atoms with Crippen molar-refractivity contribution in [3.8, 4) is 11.5 Å². The first-order valence-electron chi connectivity index (χ1n) is 8.66. The minimum absolute atomic E-state index is 0.0178. The molecular formula is C19H23BrN2O5S. The van der Waals surface area contributed by atoms with Crippen molar-refractivity contribution in [2.45, 2.75) is 13.5 Å². The molecule has 2 aromatic rings. The van der Waals surface area contributed by atoms with Gasteiger partial charge in [-0.25, -0.2) is 13.1 Å². The van der Waals surface area contributed by atoms with Gasteiger partial charge in [0, 0.05) is 18.7 Å². The minimum Gasteiger partial charge on any atom is -0.493 e. The van der Waals surface area contributed by atoms with Crippen LogP contribution in [0.1, 0.15) is 22.8 Å². The zero-order valence-electron chi connectivity index (χ0n) is 15.7. The van der Waals surface area contributed by atoms with Gasteiger partial charge in [0.25, 0.3) is 5.91 Å². The number of methoxy groups -OCH3 is 1. The lowest BCUT2D eigenvalue weighted by Crippen LogP contribution is -2.34. The molecule has 2 aromatic carbocycles. The molecule has 2 rings (SSSR count). The molecule has 28 heavy (non-hydrogen) atoms. The highest BCUT2D eigenvalue weighted by atomic mass is 79.9. The van der Waals surface area contributed by atoms with Crippen molar-refractivity contribution in [1.29, 1.82) is 0 Å². The molecular weight excluding hydrogens is 448 g/mol. The molecule has 0 saturated heterocycles. The summed E-state index contributed by atoms with van der Waals surface area (Å²) in [6.07, 6.45) is 0. The van der Waals surface area contributed by atoms with Gasteiger partial charge < -0.3 is 14.8 Å². The Hall–Kier alpha value is -2.10. The number of carbonyl (C=O) groups excluding carboxylic acids is 1. The summed E-state index contributed by atoms with van der Waals surface area (Å²) >= 11 is 3.36. The highest BCUT2D eigenvalue weighted by molar-refractivity contribution is 9.10. The Morgan fingerprint density at radius 2 is 1.89 bits per heavy atom. The fraction of sp³-hybridized carbons (Fsp3) is 0.316. The van der Waals surface area contributed by atoms with Gasteiger partial charge in [-0.15, -0.1) is 0 Å². The van der Waals surface area contributed by atoms with E-state index in [9.17, 15) is 13.2 Å². The predicted octanol–water partition coefficient (Wildman–Crippen LogP) is 2.71. The van der Waals surface area contributed by atoms with E-state index in [1.807, 2.05) is 37.3 Å². The van der Waals surface area contributed by atoms with E-state index in [0.29, 0.717) is 28.1 Å². The van der Waals surface area contributed by atoms with Crippen molar-refractivity contribution in [3.63, 3.8) is 0 Å². The average Bonchev–Trinajstić information content (AvgIpc) is 2.68. The van der Waals surface area contributed by atoms with E-state index in [1.54, 1.807) is 12.1 Å². The largest absolute Gasteiger partial charge is 0.493 e. The van der Waals surface area contributed by atoms with Gasteiger partial charge in [-0.1, -0.05) is 30.3 Å². The van der Waals surface area contributed by atoms with Crippen LogP contribution in [0.25, 0.3) is 0 Å². The number of benzene rings is 2. The van der Waals surface area contributed by atoms with Crippen LogP contribution in [-0.2, 0) is 16.6 Å². The average molecular weight is 471 g/mol. The van der Waals surface area contributed by atoms with Gasteiger partial charge in [0.15, 0.2) is 11.5 Å². The topological polar surface area (TPSA) is 93.7 Å². The Balaban J connectivity index is 1.92. The number of hydrogen-bond donors (Lipinski definition) is 2. The summed E-state index contributed by atoms with van der Waals surface area (Å²) in [4.78, 5) is 12.4. The lowest BCUT2D eigenvalue weighted by atomic mass is 10.2. The minimum atomic E-state index is -3.51. The molecule has 0 aliphatic rings. The van der Waals surface area contributed by atoms with E-state index in [1.165, 1.54) is 7.11 Å². The Morgan fingerprint density at radius 1 is 1.18 bits per heavy atom. The molecule has 0 fully saturated rings. The Bertz CT molecular complexity index is 904. The summed E-state index contributed by atoms with van der Waals surface area (Å²) in [6.45, 7) is 2.49. The van der Waals surface area contributed by atoms with Gasteiger partial charge in [-0.3, -0.25) is 4.79 Å². The maximum absolute atomic E-state index is 12.4. The fourth-order valence-electron chi connectivity index (χ4n) is 2.40. The molecule has 7 nitrogen and oxygen atoms in total. The van der Waals surface area contributed by atoms with Crippen LogP contribution in [0.5, 0.6) is 11.5 Å². The maximum atomic E-state index is 12.4. The van der Waals surface area contributed by atoms with Crippen LogP contribution in [0.2, 0.25) is 0 Å². The van der Waals surface area contributed by atoms with Crippen molar-refractivity contribution in [1.82, 2.24) is 10.0 Å². The summed E-state index contributed by atoms with van der Waals surface area (Å²) in [7, 11) is -2.03. The normalized spacial score (nSPS) is 11.1. The SMILES string of the molecule is CCOc1c(Br)cc(C(=O)NCCS(=O)(=O)NCc2ccccc2)cc1OC. The number of carbonyl (C=O) groups is 1. The maximum Gasteiger partial charge on any atom is 0.251 e. The summed E-state index contributed by atoms with van der Waals surface area (Å²) in [5.41, 5.74) is 1.20. The van der Waals surface area contributed by atoms with E-state index in [2.05, 4.69) is 26.0 Å². The Kier molecular flexibility index (Phi) is 8.28. The third-order valence-corrected chi connectivity index (χ3v) is 5.69. The lowest BCUT2D eigenvalue weighted by Gasteiger charge is -2.13. The van der Waals surface area contributed by atoms with E-state index in [0.717, 1.165) is 5.56 Å². The molecule has 1 amide bonds. The molecule has 0 bridgehead atoms. The van der Waals surface area contributed by atoms with Gasteiger partial charge in [0.2, 0.25) is 10.0 Å². The summed E-state index contributed by atoms with van der Waals surface area (Å²) < 4.78 is 38.0. The zero-order valence-corrected chi connectivity index (χ0v) is 18.1. The van der Waals surface area contributed by atoms with Crippen LogP contribution in [0.3, 0.4) is 0 Å². The van der Waals surface area contributed by atoms with Crippen molar-refractivity contribution in [2.75, 3.05) is 26.0 Å². The molecule has 0 saturated carbocycles. The number of ether oxygens (including phenoxy) is 2. The van der Waals surface area contributed by atoms with Gasteiger partial charge >= 0.3 is 0 Å². The number of sulfonamides is 1. The predicted molar refractivity (Wildman–Crippen MR) is 111 cm³/mol. The van der Waals surface area contributed by atoms with Crippen LogP contribution in [0.15, 0.2) is 46.9 Å². The van der Waals surface area contributed by atoms with Crippen LogP contribution in [-0.4, -0.2) is 40.3 Å². The van der Waals surface area contributed by atoms with Crippen molar-refractivity contribution in [2.24, 2.45) is 0 Å². The second-order valence-corrected chi connectivity index (χ2v) is 8.58. The molecule has 0 heterocycles. The summed E-state index contributed by atoms with van der Waals surface area (Å²) in [6, 6.07) is 12.4. The highest BCUT2D eigenvalue weighted by Crippen LogP contribution is 2.36. The van der Waals surface area contributed by atoms with Crippen LogP contribution in [0, 0.1) is 0 Å². The smallest absolute Gasteiger partial charge is 0.251 e. The second kappa shape index (κ2) is 10.4. The molecule has 0 aromatic heterocycles. The summed E-state index contributed by atoms with van der Waals surface area (Å²) in [5, 5.41) is 2.61. The first kappa shape index (κ1) is 22.2. The Labute approximate surface area is 173 Å². The third kappa shape index (κ3) is 6.50. The molecule has 0 aliphatic heterocycles. The monoisotopic (exact) mass is 470 g/mol.